The van der Waals surface area contributed by atoms with Gasteiger partial charge in [-0.2, -0.15) is 0 Å². The third kappa shape index (κ3) is 18.8. The standard InChI is InChI=1S/C44H59NOSi.C40H59NOSi.C39H57NOSi/c1-41(2,3)30-19-21-31(22-20-30)46-32-23-24-33-36-26-37-35(27-39(36)44(10,11)38(33)25-32)34(29-17-15-14-16-18-29)28-40(37)47(12,13)45(42(4,5)6)43(7,8)9;1-25-26(2)36(43(14,15)41(38(6,7)8)39(9,10)11)33-23-32-30-21-20-29(22-34(30)40(12,13)35(32)24-31(25)33)42-28-18-16-27(17-19-28)37(3,4)5;1-25-21-26-22-33-32(24-31(26)35(25)42(13,14)40(37(5,6)7)38(8,9)10)30-20-19-29(23-34(30)39(33,11)12)41-28-17-15-27(16-18-28)36(2,3)4/h14-27,34-35,37,40H,28H2,1-13H3;16-26,31,33,36H,1-15H3;15-20,22-26,31,35H,21H2,1-14H3. The summed E-state index contributed by atoms with van der Waals surface area (Å²) in [7, 11) is -5.68. The van der Waals surface area contributed by atoms with Crippen molar-refractivity contribution in [1.29, 1.82) is 0 Å². The third-order valence-electron chi connectivity index (χ3n) is 33.2. The van der Waals surface area contributed by atoms with Crippen molar-refractivity contribution in [1.82, 2.24) is 13.7 Å². The van der Waals surface area contributed by atoms with Crippen molar-refractivity contribution in [3.05, 3.63) is 267 Å². The summed E-state index contributed by atoms with van der Waals surface area (Å²) in [4.78, 5) is 0. The molecule has 3 fully saturated rings. The lowest BCUT2D eigenvalue weighted by atomic mass is 9.73. The molecule has 9 aliphatic carbocycles. The first-order valence-electron chi connectivity index (χ1n) is 51.0. The van der Waals surface area contributed by atoms with Gasteiger partial charge in [0.25, 0.3) is 0 Å². The van der Waals surface area contributed by atoms with Gasteiger partial charge in [-0.3, -0.25) is 0 Å². The molecule has 0 bridgehead atoms. The van der Waals surface area contributed by atoms with Crippen molar-refractivity contribution in [3.8, 4) is 34.5 Å². The molecule has 712 valence electrons. The maximum Gasteiger partial charge on any atom is 0.127 e. The van der Waals surface area contributed by atoms with Crippen LogP contribution in [0.1, 0.15) is 324 Å². The predicted molar refractivity (Wildman–Crippen MR) is 577 cm³/mol. The molecule has 0 N–H and O–H groups in total. The van der Waals surface area contributed by atoms with E-state index in [1.807, 2.05) is 0 Å². The summed E-state index contributed by atoms with van der Waals surface area (Å²) in [6, 6.07) is 57.7. The molecule has 7 aromatic carbocycles. The zero-order valence-corrected chi connectivity index (χ0v) is 93.5. The predicted octanol–water partition coefficient (Wildman–Crippen LogP) is 34.8. The second kappa shape index (κ2) is 34.2. The molecule has 13 atom stereocenters. The minimum absolute atomic E-state index is 0.0290. The van der Waals surface area contributed by atoms with Crippen molar-refractivity contribution < 1.29 is 14.2 Å². The summed E-state index contributed by atoms with van der Waals surface area (Å²) in [6.45, 7) is 102. The fourth-order valence-electron chi connectivity index (χ4n) is 30.2. The van der Waals surface area contributed by atoms with E-state index in [0.717, 1.165) is 46.0 Å². The van der Waals surface area contributed by atoms with Gasteiger partial charge in [0.15, 0.2) is 0 Å². The molecule has 0 heterocycles. The molecule has 9 aliphatic rings. The van der Waals surface area contributed by atoms with Gasteiger partial charge in [-0.15, -0.1) is 0 Å². The summed E-state index contributed by atoms with van der Waals surface area (Å²) in [5, 5.41) is 0. The van der Waals surface area contributed by atoms with E-state index in [2.05, 4.69) is 496 Å². The number of rotatable bonds is 13. The molecule has 0 spiro atoms. The average molecular weight is 1830 g/mol. The number of allylic oxidation sites excluding steroid dienone is 12. The zero-order chi connectivity index (χ0) is 97.6. The van der Waals surface area contributed by atoms with Gasteiger partial charge in [0.2, 0.25) is 0 Å². The average Bonchev–Trinajstić information content (AvgIpc) is 1.55. The van der Waals surface area contributed by atoms with Crippen molar-refractivity contribution in [2.24, 2.45) is 53.3 Å². The quantitative estimate of drug-likeness (QED) is 0.107. The third-order valence-corrected chi connectivity index (χ3v) is 48.3. The normalized spacial score (nSPS) is 25.4. The second-order valence-corrected chi connectivity index (χ2v) is 67.8. The van der Waals surface area contributed by atoms with Crippen LogP contribution in [0.25, 0.3) is 16.7 Å². The van der Waals surface area contributed by atoms with Crippen LogP contribution in [0.4, 0.5) is 0 Å². The molecule has 13 unspecified atom stereocenters. The highest BCUT2D eigenvalue weighted by atomic mass is 28.3. The summed E-state index contributed by atoms with van der Waals surface area (Å²) in [6.07, 6.45) is 18.9. The highest BCUT2D eigenvalue weighted by Crippen LogP contribution is 2.68. The van der Waals surface area contributed by atoms with Gasteiger partial charge >= 0.3 is 0 Å². The molecule has 16 rings (SSSR count). The van der Waals surface area contributed by atoms with Crippen LogP contribution in [-0.4, -0.2) is 71.6 Å². The van der Waals surface area contributed by atoms with Crippen LogP contribution in [0.3, 0.4) is 0 Å². The number of nitrogens with zero attached hydrogens (tertiary/aromatic N) is 3. The number of benzene rings is 7. The lowest BCUT2D eigenvalue weighted by molar-refractivity contribution is 0.120. The molecule has 132 heavy (non-hydrogen) atoms. The van der Waals surface area contributed by atoms with Gasteiger partial charge in [0, 0.05) is 49.5 Å². The maximum absolute atomic E-state index is 6.48. The summed E-state index contributed by atoms with van der Waals surface area (Å²) in [5.74, 6) is 11.5. The molecule has 0 aromatic heterocycles. The molecule has 0 saturated heterocycles. The monoisotopic (exact) mass is 1830 g/mol. The van der Waals surface area contributed by atoms with Crippen LogP contribution in [0, 0.1) is 53.3 Å². The van der Waals surface area contributed by atoms with E-state index in [1.165, 1.54) is 102 Å². The molecular weight excluding hydrogens is 1650 g/mol. The first-order valence-corrected chi connectivity index (χ1v) is 60.1. The van der Waals surface area contributed by atoms with Gasteiger partial charge in [-0.05, 0) is 391 Å². The number of hydrogen-bond donors (Lipinski definition) is 0. The van der Waals surface area contributed by atoms with Crippen molar-refractivity contribution in [2.75, 3.05) is 0 Å². The van der Waals surface area contributed by atoms with E-state index in [1.54, 1.807) is 0 Å². The van der Waals surface area contributed by atoms with Crippen molar-refractivity contribution >= 4 is 41.4 Å². The molecule has 0 aliphatic heterocycles. The molecular formula is C123H175N3O3Si3. The smallest absolute Gasteiger partial charge is 0.127 e. The van der Waals surface area contributed by atoms with E-state index < -0.39 is 24.7 Å². The lowest BCUT2D eigenvalue weighted by Gasteiger charge is -2.57. The first-order chi connectivity index (χ1) is 60.4. The minimum atomic E-state index is -1.95. The van der Waals surface area contributed by atoms with E-state index in [0.29, 0.717) is 64.3 Å². The van der Waals surface area contributed by atoms with Crippen LogP contribution in [0.15, 0.2) is 211 Å². The van der Waals surface area contributed by atoms with E-state index in [-0.39, 0.29) is 65.7 Å². The van der Waals surface area contributed by atoms with Crippen molar-refractivity contribution in [2.45, 2.75) is 390 Å². The number of hydrogen-bond acceptors (Lipinski definition) is 6. The van der Waals surface area contributed by atoms with Gasteiger partial charge in [-0.1, -0.05) is 285 Å². The van der Waals surface area contributed by atoms with Crippen LogP contribution in [0.2, 0.25) is 55.9 Å². The van der Waals surface area contributed by atoms with E-state index in [9.17, 15) is 0 Å². The Morgan fingerprint density at radius 2 is 0.598 bits per heavy atom. The Morgan fingerprint density at radius 3 is 0.939 bits per heavy atom. The van der Waals surface area contributed by atoms with Gasteiger partial charge in [0.05, 0.1) is 0 Å². The van der Waals surface area contributed by atoms with Crippen LogP contribution in [0.5, 0.6) is 34.5 Å². The van der Waals surface area contributed by atoms with Crippen LogP contribution < -0.4 is 14.2 Å². The molecule has 7 aromatic rings. The maximum atomic E-state index is 6.48. The highest BCUT2D eigenvalue weighted by molar-refractivity contribution is 6.77. The SMILES string of the molecule is CC(C)(C)c1ccc(Oc2ccc3c(c2)C(C)(C)C2=CC4C(c5ccccc5)CC([Si](C)(C)N(C(C)(C)C)C(C)(C)C)C4C=C23)cc1.CC1C(C)C([Si](C)(C)N(C(C)(C)C)C(C)(C)C)C2C=C3C(=CC12)C(C)(C)c1cc(Oc2ccc(C(C)(C)C)cc2)ccc13.CC1CC2C=C3C(=CC2C1[Si](C)(C)N(C(C)(C)C)C(C)(C)C)c1ccc(Oc2ccc(C(C)(C)C)cc2)cc1C3(C)C. The highest BCUT2D eigenvalue weighted by Gasteiger charge is 2.62. The Labute approximate surface area is 807 Å². The Bertz CT molecular complexity index is 5590. The number of fused-ring (bicyclic) bond motifs is 12. The fourth-order valence-corrected chi connectivity index (χ4v) is 49.3. The van der Waals surface area contributed by atoms with Crippen LogP contribution in [-0.2, 0) is 32.5 Å². The molecule has 3 saturated carbocycles. The summed E-state index contributed by atoms with van der Waals surface area (Å²) in [5.41, 5.74) is 25.9. The van der Waals surface area contributed by atoms with Crippen LogP contribution >= 0.6 is 0 Å². The molecule has 6 nitrogen and oxygen atoms in total. The molecule has 0 radical (unpaired) electrons. The van der Waals surface area contributed by atoms with E-state index >= 15 is 0 Å². The summed E-state index contributed by atoms with van der Waals surface area (Å²) >= 11 is 0. The van der Waals surface area contributed by atoms with Crippen molar-refractivity contribution in [3.63, 3.8) is 0 Å². The van der Waals surface area contributed by atoms with Gasteiger partial charge in [0.1, 0.15) is 59.2 Å². The topological polar surface area (TPSA) is 37.4 Å². The van der Waals surface area contributed by atoms with Gasteiger partial charge in [-0.25, -0.2) is 0 Å². The largest absolute Gasteiger partial charge is 0.457 e. The molecule has 9 heteroatoms. The van der Waals surface area contributed by atoms with E-state index in [4.69, 9.17) is 14.2 Å². The van der Waals surface area contributed by atoms with Gasteiger partial charge < -0.3 is 27.9 Å². The lowest BCUT2D eigenvalue weighted by Crippen LogP contribution is -2.67. The molecule has 0 amide bonds. The Hall–Kier alpha value is -7.09. The summed E-state index contributed by atoms with van der Waals surface area (Å²) < 4.78 is 28.2. The number of ether oxygens (including phenoxy) is 3. The fraction of sp³-hybridized carbons (Fsp3) is 0.561. The Morgan fingerprint density at radius 1 is 0.295 bits per heavy atom. The Balaban J connectivity index is 0.000000160. The Kier molecular flexibility index (Phi) is 26.1. The minimum Gasteiger partial charge on any atom is -0.457 e. The first kappa shape index (κ1) is 101. The second-order valence-electron chi connectivity index (χ2n) is 54.5. The zero-order valence-electron chi connectivity index (χ0n) is 90.5.